The fraction of sp³-hybridized carbons (Fsp3) is 0.200. The number of ether oxygens (including phenoxy) is 1. The van der Waals surface area contributed by atoms with Crippen molar-refractivity contribution in [1.82, 2.24) is 28.9 Å². The van der Waals surface area contributed by atoms with Crippen LogP contribution in [0.5, 0.6) is 0 Å². The maximum atomic E-state index is 12.3. The van der Waals surface area contributed by atoms with Crippen LogP contribution in [0.2, 0.25) is 0 Å². The first-order chi connectivity index (χ1) is 22.4. The number of hydrogen-bond acceptors (Lipinski definition) is 10. The zero-order valence-electron chi connectivity index (χ0n) is 26.0. The Kier molecular flexibility index (Phi) is 10.3. The minimum Gasteiger partial charge on any atom is -0.463 e. The molecule has 0 saturated heterocycles. The van der Waals surface area contributed by atoms with Crippen LogP contribution >= 0.6 is 0 Å². The van der Waals surface area contributed by atoms with E-state index in [4.69, 9.17) is 9.57 Å². The number of nitrogens with zero attached hydrogens (tertiary/aromatic N) is 7. The number of amides is 2. The average molecular weight is 646 g/mol. The highest BCUT2D eigenvalue weighted by Gasteiger charge is 2.19. The van der Waals surface area contributed by atoms with E-state index in [9.17, 15) is 29.3 Å². The molecular formula is C30H31N9O8. The van der Waals surface area contributed by atoms with Crippen molar-refractivity contribution in [2.75, 3.05) is 17.2 Å². The number of fused-ring (bicyclic) bond motifs is 1. The van der Waals surface area contributed by atoms with E-state index in [0.717, 1.165) is 4.85 Å². The number of rotatable bonds is 9. The Morgan fingerprint density at radius 1 is 0.936 bits per heavy atom. The molecule has 0 aliphatic carbocycles. The number of nitro groups is 1. The lowest BCUT2D eigenvalue weighted by atomic mass is 10.3. The standard InChI is InChI=1S/C16H18N4O5.C14H13N5O3/c1-4-25-15(21)6-5-12-7-11(9-18(12)2)17-16(22)14-8-13(20(23)24)10-19(14)3;1-9(20)15-10-7-13(18(2)8-10)14(21)22-19-12-6-4-3-5-11(12)16-17-19/h5-10H,4H2,1-3H3,(H,17,22);3-8H,1-2H3,(H,15,20)/b6-5+;. The summed E-state index contributed by atoms with van der Waals surface area (Å²) in [5.41, 5.74) is 3.21. The van der Waals surface area contributed by atoms with Crippen LogP contribution in [0.3, 0.4) is 0 Å². The van der Waals surface area contributed by atoms with Gasteiger partial charge in [0.1, 0.15) is 22.4 Å². The zero-order chi connectivity index (χ0) is 34.2. The second-order valence-corrected chi connectivity index (χ2v) is 9.99. The quantitative estimate of drug-likeness (QED) is 0.0789. The lowest BCUT2D eigenvalue weighted by molar-refractivity contribution is -0.384. The molecule has 0 bridgehead atoms. The smallest absolute Gasteiger partial charge is 0.382 e. The number of nitrogens with one attached hydrogen (secondary N) is 2. The predicted octanol–water partition coefficient (Wildman–Crippen LogP) is 3.10. The maximum Gasteiger partial charge on any atom is 0.382 e. The van der Waals surface area contributed by atoms with Gasteiger partial charge >= 0.3 is 11.9 Å². The molecule has 1 aromatic carbocycles. The van der Waals surface area contributed by atoms with Crippen molar-refractivity contribution in [3.05, 3.63) is 94.3 Å². The number of aromatic nitrogens is 6. The van der Waals surface area contributed by atoms with Gasteiger partial charge in [-0.25, -0.2) is 9.59 Å². The molecule has 2 amide bonds. The Morgan fingerprint density at radius 3 is 2.30 bits per heavy atom. The third kappa shape index (κ3) is 8.35. The van der Waals surface area contributed by atoms with Crippen LogP contribution in [0.1, 0.15) is 40.5 Å². The van der Waals surface area contributed by atoms with E-state index in [-0.39, 0.29) is 23.0 Å². The van der Waals surface area contributed by atoms with E-state index in [1.807, 2.05) is 6.07 Å². The highest BCUT2D eigenvalue weighted by molar-refractivity contribution is 6.04. The normalized spacial score (nSPS) is 10.7. The van der Waals surface area contributed by atoms with Gasteiger partial charge in [-0.3, -0.25) is 19.7 Å². The number of benzene rings is 1. The topological polar surface area (TPSA) is 199 Å². The number of aryl methyl sites for hydroxylation is 3. The summed E-state index contributed by atoms with van der Waals surface area (Å²) in [6, 6.07) is 11.5. The van der Waals surface area contributed by atoms with Crippen molar-refractivity contribution >= 4 is 57.9 Å². The molecule has 0 aliphatic heterocycles. The van der Waals surface area contributed by atoms with Gasteiger partial charge in [-0.1, -0.05) is 17.0 Å². The molecule has 0 atom stereocenters. The molecule has 4 aromatic heterocycles. The number of hydrogen-bond donors (Lipinski definition) is 2. The minimum atomic E-state index is -0.602. The molecule has 47 heavy (non-hydrogen) atoms. The molecule has 17 heteroatoms. The predicted molar refractivity (Wildman–Crippen MR) is 169 cm³/mol. The first-order valence-electron chi connectivity index (χ1n) is 14.0. The van der Waals surface area contributed by atoms with Crippen molar-refractivity contribution in [3.8, 4) is 0 Å². The summed E-state index contributed by atoms with van der Waals surface area (Å²) < 4.78 is 9.48. The summed E-state index contributed by atoms with van der Waals surface area (Å²) in [6.07, 6.45) is 7.43. The highest BCUT2D eigenvalue weighted by atomic mass is 16.7. The minimum absolute atomic E-state index is 0.154. The highest BCUT2D eigenvalue weighted by Crippen LogP contribution is 2.19. The molecule has 2 N–H and O–H groups in total. The van der Waals surface area contributed by atoms with E-state index in [0.29, 0.717) is 34.7 Å². The van der Waals surface area contributed by atoms with Crippen LogP contribution in [-0.2, 0) is 35.5 Å². The number of carbonyl (C=O) groups excluding carboxylic acids is 4. The Hall–Kier alpha value is -6.52. The molecule has 244 valence electrons. The fourth-order valence-electron chi connectivity index (χ4n) is 4.31. The van der Waals surface area contributed by atoms with E-state index in [1.54, 1.807) is 79.9 Å². The van der Waals surface area contributed by atoms with E-state index < -0.39 is 22.8 Å². The molecule has 0 fully saturated rings. The Balaban J connectivity index is 0.000000214. The summed E-state index contributed by atoms with van der Waals surface area (Å²) in [4.78, 5) is 63.4. The van der Waals surface area contributed by atoms with Crippen LogP contribution in [0.4, 0.5) is 17.1 Å². The van der Waals surface area contributed by atoms with Crippen molar-refractivity contribution < 1.29 is 33.7 Å². The Bertz CT molecular complexity index is 2000. The Morgan fingerprint density at radius 2 is 1.62 bits per heavy atom. The summed E-state index contributed by atoms with van der Waals surface area (Å²) in [5, 5.41) is 23.8. The van der Waals surface area contributed by atoms with Crippen LogP contribution in [-0.4, -0.2) is 64.1 Å². The largest absolute Gasteiger partial charge is 0.463 e. The monoisotopic (exact) mass is 645 g/mol. The molecule has 0 aliphatic rings. The second kappa shape index (κ2) is 14.5. The van der Waals surface area contributed by atoms with Gasteiger partial charge in [0.15, 0.2) is 0 Å². The van der Waals surface area contributed by atoms with Crippen LogP contribution in [0.25, 0.3) is 17.1 Å². The lowest BCUT2D eigenvalue weighted by Gasteiger charge is -2.03. The summed E-state index contributed by atoms with van der Waals surface area (Å²) in [5.74, 6) is -1.74. The van der Waals surface area contributed by atoms with Crippen LogP contribution < -0.4 is 15.5 Å². The maximum absolute atomic E-state index is 12.3. The Labute approximate surface area is 267 Å². The molecule has 0 radical (unpaired) electrons. The van der Waals surface area contributed by atoms with Crippen molar-refractivity contribution in [2.24, 2.45) is 21.1 Å². The van der Waals surface area contributed by atoms with E-state index in [2.05, 4.69) is 20.9 Å². The van der Waals surface area contributed by atoms with Gasteiger partial charge in [0.2, 0.25) is 5.91 Å². The van der Waals surface area contributed by atoms with E-state index >= 15 is 0 Å². The van der Waals surface area contributed by atoms with Gasteiger partial charge in [0, 0.05) is 58.3 Å². The van der Waals surface area contributed by atoms with E-state index in [1.165, 1.54) is 35.9 Å². The molecule has 0 saturated carbocycles. The van der Waals surface area contributed by atoms with Gasteiger partial charge < -0.3 is 33.9 Å². The van der Waals surface area contributed by atoms with Gasteiger partial charge in [-0.2, -0.15) is 0 Å². The fourth-order valence-corrected chi connectivity index (χ4v) is 4.31. The first kappa shape index (κ1) is 33.4. The zero-order valence-corrected chi connectivity index (χ0v) is 26.0. The molecule has 0 unspecified atom stereocenters. The van der Waals surface area contributed by atoms with Crippen molar-refractivity contribution in [3.63, 3.8) is 0 Å². The molecular weight excluding hydrogens is 614 g/mol. The van der Waals surface area contributed by atoms with Gasteiger partial charge in [0.05, 0.1) is 29.1 Å². The lowest BCUT2D eigenvalue weighted by Crippen LogP contribution is -2.22. The summed E-state index contributed by atoms with van der Waals surface area (Å²) in [7, 11) is 5.00. The van der Waals surface area contributed by atoms with Gasteiger partial charge in [-0.15, -0.1) is 5.10 Å². The van der Waals surface area contributed by atoms with Gasteiger partial charge in [0.25, 0.3) is 11.6 Å². The van der Waals surface area contributed by atoms with Gasteiger partial charge in [-0.05, 0) is 42.5 Å². The summed E-state index contributed by atoms with van der Waals surface area (Å²) in [6.45, 7) is 3.41. The number of esters is 1. The molecule has 0 spiro atoms. The molecule has 5 rings (SSSR count). The van der Waals surface area contributed by atoms with Crippen LogP contribution in [0.15, 0.2) is 67.1 Å². The number of anilines is 2. The van der Waals surface area contributed by atoms with Crippen molar-refractivity contribution in [2.45, 2.75) is 13.8 Å². The number of para-hydroxylation sites is 1. The second-order valence-electron chi connectivity index (χ2n) is 9.99. The molecule has 17 nitrogen and oxygen atoms in total. The average Bonchev–Trinajstić information content (AvgIpc) is 3.78. The van der Waals surface area contributed by atoms with Crippen molar-refractivity contribution in [1.29, 1.82) is 0 Å². The number of carbonyl (C=O) groups is 4. The van der Waals surface area contributed by atoms with Crippen LogP contribution in [0, 0.1) is 10.1 Å². The first-order valence-corrected chi connectivity index (χ1v) is 14.0. The third-order valence-electron chi connectivity index (χ3n) is 6.44. The molecule has 4 heterocycles. The summed E-state index contributed by atoms with van der Waals surface area (Å²) >= 11 is 0. The third-order valence-corrected chi connectivity index (χ3v) is 6.44. The SMILES string of the molecule is CC(=O)Nc1cc(C(=O)On2nnc3ccccc32)n(C)c1.CCOC(=O)/C=C/c1cc(NC(=O)c2cc([N+](=O)[O-])cn2C)cn1C. The molecule has 5 aromatic rings.